The van der Waals surface area contributed by atoms with Gasteiger partial charge >= 0.3 is 0 Å². The normalized spacial score (nSPS) is 10.8. The van der Waals surface area contributed by atoms with Crippen molar-refractivity contribution in [3.63, 3.8) is 0 Å². The van der Waals surface area contributed by atoms with Crippen molar-refractivity contribution in [3.05, 3.63) is 100 Å². The van der Waals surface area contributed by atoms with Gasteiger partial charge in [0.25, 0.3) is 11.5 Å². The molecule has 8 heteroatoms. The molecule has 0 spiro atoms. The lowest BCUT2D eigenvalue weighted by atomic mass is 10.1. The quantitative estimate of drug-likeness (QED) is 0.425. The Morgan fingerprint density at radius 2 is 1.56 bits per heavy atom. The maximum Gasteiger partial charge on any atom is 0.275 e. The lowest BCUT2D eigenvalue weighted by Crippen LogP contribution is -2.32. The first-order chi connectivity index (χ1) is 15.5. The number of nitrogens with one attached hydrogen (secondary N) is 1. The second kappa shape index (κ2) is 9.49. The number of nitrogens with two attached hydrogens (primary N) is 1. The summed E-state index contributed by atoms with van der Waals surface area (Å²) >= 11 is 1.60. The lowest BCUT2D eigenvalue weighted by molar-refractivity contribution is -0.117. The van der Waals surface area contributed by atoms with E-state index in [1.54, 1.807) is 42.1 Å². The molecule has 1 heterocycles. The number of hydrogen-bond acceptors (Lipinski definition) is 5. The van der Waals surface area contributed by atoms with E-state index in [4.69, 9.17) is 5.73 Å². The van der Waals surface area contributed by atoms with Crippen LogP contribution in [0.3, 0.4) is 0 Å². The van der Waals surface area contributed by atoms with Crippen LogP contribution in [0.2, 0.25) is 0 Å². The fraction of sp³-hybridized carbons (Fsp3) is 0.0833. The highest BCUT2D eigenvalue weighted by atomic mass is 32.2. The Kier molecular flexibility index (Phi) is 6.32. The smallest absolute Gasteiger partial charge is 0.275 e. The number of primary amides is 1. The average molecular weight is 445 g/mol. The summed E-state index contributed by atoms with van der Waals surface area (Å²) in [6.07, 6.45) is 0. The van der Waals surface area contributed by atoms with Gasteiger partial charge in [-0.3, -0.25) is 14.4 Å². The fourth-order valence-electron chi connectivity index (χ4n) is 3.28. The van der Waals surface area contributed by atoms with E-state index < -0.39 is 17.4 Å². The van der Waals surface area contributed by atoms with Crippen molar-refractivity contribution in [2.45, 2.75) is 17.2 Å². The summed E-state index contributed by atoms with van der Waals surface area (Å²) < 4.78 is 0.970. The van der Waals surface area contributed by atoms with Crippen molar-refractivity contribution in [1.82, 2.24) is 9.78 Å². The molecule has 2 amide bonds. The van der Waals surface area contributed by atoms with Gasteiger partial charge in [-0.25, -0.2) is 4.68 Å². The lowest BCUT2D eigenvalue weighted by Gasteiger charge is -2.12. The SMILES string of the molecule is NC(=O)c1nn(CC(=O)Nc2ccccc2SCc2ccccc2)c(=O)c2ccccc12. The second-order valence-electron chi connectivity index (χ2n) is 7.04. The van der Waals surface area contributed by atoms with Crippen molar-refractivity contribution in [2.75, 3.05) is 5.32 Å². The van der Waals surface area contributed by atoms with Gasteiger partial charge in [0.2, 0.25) is 5.91 Å². The number of thioether (sulfide) groups is 1. The zero-order valence-electron chi connectivity index (χ0n) is 17.0. The standard InChI is InChI=1S/C24H20N4O3S/c25-23(30)22-17-10-4-5-11-18(17)24(31)28(27-22)14-21(29)26-19-12-6-7-13-20(19)32-15-16-8-2-1-3-9-16/h1-13H,14-15H2,(H2,25,30)(H,26,29). The highest BCUT2D eigenvalue weighted by Gasteiger charge is 2.16. The zero-order chi connectivity index (χ0) is 22.5. The van der Waals surface area contributed by atoms with E-state index >= 15 is 0 Å². The average Bonchev–Trinajstić information content (AvgIpc) is 2.81. The molecular formula is C24H20N4O3S. The van der Waals surface area contributed by atoms with Crippen LogP contribution in [0.4, 0.5) is 5.69 Å². The van der Waals surface area contributed by atoms with Crippen molar-refractivity contribution < 1.29 is 9.59 Å². The summed E-state index contributed by atoms with van der Waals surface area (Å²) in [6.45, 7) is -0.346. The van der Waals surface area contributed by atoms with Gasteiger partial charge in [0.1, 0.15) is 6.54 Å². The number of aromatic nitrogens is 2. The minimum atomic E-state index is -0.766. The fourth-order valence-corrected chi connectivity index (χ4v) is 4.25. The van der Waals surface area contributed by atoms with E-state index in [0.29, 0.717) is 11.1 Å². The largest absolute Gasteiger partial charge is 0.364 e. The van der Waals surface area contributed by atoms with E-state index in [1.165, 1.54) is 5.56 Å². The minimum absolute atomic E-state index is 0.0492. The van der Waals surface area contributed by atoms with Crippen molar-refractivity contribution in [1.29, 1.82) is 0 Å². The molecule has 0 aliphatic carbocycles. The van der Waals surface area contributed by atoms with E-state index in [1.807, 2.05) is 48.5 Å². The summed E-state index contributed by atoms with van der Waals surface area (Å²) in [4.78, 5) is 38.3. The van der Waals surface area contributed by atoms with Gasteiger partial charge in [-0.15, -0.1) is 11.8 Å². The highest BCUT2D eigenvalue weighted by molar-refractivity contribution is 7.98. The predicted molar refractivity (Wildman–Crippen MR) is 126 cm³/mol. The first-order valence-corrected chi connectivity index (χ1v) is 10.9. The molecule has 0 fully saturated rings. The highest BCUT2D eigenvalue weighted by Crippen LogP contribution is 2.29. The van der Waals surface area contributed by atoms with Crippen LogP contribution < -0.4 is 16.6 Å². The molecule has 0 saturated carbocycles. The maximum absolute atomic E-state index is 12.8. The first-order valence-electron chi connectivity index (χ1n) is 9.88. The zero-order valence-corrected chi connectivity index (χ0v) is 17.8. The van der Waals surface area contributed by atoms with Crippen LogP contribution in [-0.4, -0.2) is 21.6 Å². The summed E-state index contributed by atoms with van der Waals surface area (Å²) in [5.41, 5.74) is 6.73. The van der Waals surface area contributed by atoms with E-state index in [-0.39, 0.29) is 17.6 Å². The molecule has 0 bridgehead atoms. The number of carbonyl (C=O) groups is 2. The maximum atomic E-state index is 12.8. The molecule has 1 aromatic heterocycles. The molecule has 160 valence electrons. The van der Waals surface area contributed by atoms with Gasteiger partial charge in [-0.05, 0) is 23.8 Å². The topological polar surface area (TPSA) is 107 Å². The number of anilines is 1. The van der Waals surface area contributed by atoms with E-state index in [0.717, 1.165) is 15.3 Å². The Labute approximate surface area is 188 Å². The monoisotopic (exact) mass is 444 g/mol. The molecule has 0 unspecified atom stereocenters. The van der Waals surface area contributed by atoms with Crippen LogP contribution in [0.1, 0.15) is 16.1 Å². The number of rotatable bonds is 7. The van der Waals surface area contributed by atoms with Crippen LogP contribution in [0.25, 0.3) is 10.8 Å². The third-order valence-electron chi connectivity index (χ3n) is 4.79. The molecule has 0 atom stereocenters. The van der Waals surface area contributed by atoms with Gasteiger partial charge in [-0.2, -0.15) is 5.10 Å². The summed E-state index contributed by atoms with van der Waals surface area (Å²) in [5.74, 6) is -0.447. The summed E-state index contributed by atoms with van der Waals surface area (Å²) in [7, 11) is 0. The number of nitrogens with zero attached hydrogens (tertiary/aromatic N) is 2. The van der Waals surface area contributed by atoms with E-state index in [2.05, 4.69) is 10.4 Å². The van der Waals surface area contributed by atoms with Gasteiger partial charge < -0.3 is 11.1 Å². The third-order valence-corrected chi connectivity index (χ3v) is 5.94. The molecule has 32 heavy (non-hydrogen) atoms. The molecule has 3 N–H and O–H groups in total. The van der Waals surface area contributed by atoms with Crippen LogP contribution in [-0.2, 0) is 17.1 Å². The molecule has 4 rings (SSSR count). The number of fused-ring (bicyclic) bond motifs is 1. The van der Waals surface area contributed by atoms with Gasteiger partial charge in [0.15, 0.2) is 5.69 Å². The molecular weight excluding hydrogens is 424 g/mol. The second-order valence-corrected chi connectivity index (χ2v) is 8.06. The molecule has 0 radical (unpaired) electrons. The third kappa shape index (κ3) is 4.70. The molecule has 0 aliphatic rings. The molecule has 7 nitrogen and oxygen atoms in total. The minimum Gasteiger partial charge on any atom is -0.364 e. The van der Waals surface area contributed by atoms with Crippen LogP contribution >= 0.6 is 11.8 Å². The molecule has 4 aromatic rings. The van der Waals surface area contributed by atoms with Crippen molar-refractivity contribution in [2.24, 2.45) is 5.73 Å². The van der Waals surface area contributed by atoms with Crippen LogP contribution in [0, 0.1) is 0 Å². The van der Waals surface area contributed by atoms with Crippen LogP contribution in [0.5, 0.6) is 0 Å². The first kappa shape index (κ1) is 21.3. The van der Waals surface area contributed by atoms with Gasteiger partial charge in [0.05, 0.1) is 11.1 Å². The number of benzene rings is 3. The molecule has 3 aromatic carbocycles. The summed E-state index contributed by atoms with van der Waals surface area (Å²) in [6, 6.07) is 24.0. The van der Waals surface area contributed by atoms with Gasteiger partial charge in [0, 0.05) is 16.0 Å². The Balaban J connectivity index is 1.55. The Hall–Kier alpha value is -3.91. The van der Waals surface area contributed by atoms with E-state index in [9.17, 15) is 14.4 Å². The molecule has 0 aliphatic heterocycles. The number of carbonyl (C=O) groups excluding carboxylic acids is 2. The Morgan fingerprint density at radius 1 is 0.906 bits per heavy atom. The number of para-hydroxylation sites is 1. The number of hydrogen-bond donors (Lipinski definition) is 2. The van der Waals surface area contributed by atoms with Gasteiger partial charge in [-0.1, -0.05) is 60.7 Å². The number of amides is 2. The Morgan fingerprint density at radius 3 is 2.31 bits per heavy atom. The Bertz CT molecular complexity index is 1350. The van der Waals surface area contributed by atoms with Crippen molar-refractivity contribution >= 4 is 40.0 Å². The molecule has 0 saturated heterocycles. The van der Waals surface area contributed by atoms with Crippen LogP contribution in [0.15, 0.2) is 88.6 Å². The van der Waals surface area contributed by atoms with Crippen molar-refractivity contribution in [3.8, 4) is 0 Å². The summed E-state index contributed by atoms with van der Waals surface area (Å²) in [5, 5.41) is 7.53. The predicted octanol–water partition coefficient (Wildman–Crippen LogP) is 3.43.